The molecule has 0 aliphatic heterocycles. The van der Waals surface area contributed by atoms with Crippen molar-refractivity contribution in [1.82, 2.24) is 10.3 Å². The molecule has 1 atom stereocenters. The SMILES string of the molecule is COc1ccc(C[C@H](OC(=O)NC(C)(C)C)c2ocnc2C(C)(C)O)cc1. The standard InChI is InChI=1S/C20H28N2O5/c1-19(2,3)22-18(23)27-15(11-13-7-9-14(25-6)10-8-13)16-17(20(4,5)24)21-12-26-16/h7-10,12,15,24H,11H2,1-6H3,(H,22,23)/t15-/m0/s1. The maximum Gasteiger partial charge on any atom is 0.408 e. The molecular weight excluding hydrogens is 348 g/mol. The summed E-state index contributed by atoms with van der Waals surface area (Å²) < 4.78 is 16.3. The van der Waals surface area contributed by atoms with Gasteiger partial charge in [-0.05, 0) is 52.3 Å². The molecule has 2 N–H and O–H groups in total. The Hall–Kier alpha value is -2.54. The van der Waals surface area contributed by atoms with E-state index in [1.807, 2.05) is 45.0 Å². The number of carbonyl (C=O) groups excluding carboxylic acids is 1. The molecule has 0 saturated carbocycles. The van der Waals surface area contributed by atoms with Crippen LogP contribution >= 0.6 is 0 Å². The number of benzene rings is 1. The predicted molar refractivity (Wildman–Crippen MR) is 101 cm³/mol. The molecule has 2 rings (SSSR count). The fraction of sp³-hybridized carbons (Fsp3) is 0.500. The third-order valence-electron chi connectivity index (χ3n) is 3.77. The highest BCUT2D eigenvalue weighted by molar-refractivity contribution is 5.68. The fourth-order valence-corrected chi connectivity index (χ4v) is 2.57. The molecule has 1 amide bonds. The Morgan fingerprint density at radius 3 is 2.37 bits per heavy atom. The summed E-state index contributed by atoms with van der Waals surface area (Å²) in [5, 5.41) is 13.1. The monoisotopic (exact) mass is 376 g/mol. The Kier molecular flexibility index (Phi) is 6.15. The minimum absolute atomic E-state index is 0.322. The first-order valence-corrected chi connectivity index (χ1v) is 8.77. The van der Waals surface area contributed by atoms with Gasteiger partial charge in [-0.2, -0.15) is 0 Å². The van der Waals surface area contributed by atoms with E-state index in [0.717, 1.165) is 11.3 Å². The van der Waals surface area contributed by atoms with Gasteiger partial charge in [-0.3, -0.25) is 0 Å². The lowest BCUT2D eigenvalue weighted by Gasteiger charge is -2.24. The fourth-order valence-electron chi connectivity index (χ4n) is 2.57. The molecule has 1 heterocycles. The molecule has 0 bridgehead atoms. The number of hydrogen-bond acceptors (Lipinski definition) is 6. The quantitative estimate of drug-likeness (QED) is 0.798. The van der Waals surface area contributed by atoms with Gasteiger partial charge in [0, 0.05) is 12.0 Å². The number of alkyl carbamates (subject to hydrolysis) is 1. The first-order chi connectivity index (χ1) is 12.5. The molecule has 0 radical (unpaired) electrons. The van der Waals surface area contributed by atoms with Crippen LogP contribution in [0.4, 0.5) is 4.79 Å². The lowest BCUT2D eigenvalue weighted by Crippen LogP contribution is -2.41. The number of nitrogens with one attached hydrogen (secondary N) is 1. The van der Waals surface area contributed by atoms with Crippen LogP contribution < -0.4 is 10.1 Å². The number of amides is 1. The van der Waals surface area contributed by atoms with Crippen molar-refractivity contribution in [1.29, 1.82) is 0 Å². The summed E-state index contributed by atoms with van der Waals surface area (Å²) in [6.45, 7) is 8.80. The molecule has 7 nitrogen and oxygen atoms in total. The van der Waals surface area contributed by atoms with E-state index in [0.29, 0.717) is 17.9 Å². The number of carbonyl (C=O) groups is 1. The summed E-state index contributed by atoms with van der Waals surface area (Å²) in [7, 11) is 1.60. The first-order valence-electron chi connectivity index (χ1n) is 8.77. The number of nitrogens with zero attached hydrogens (tertiary/aromatic N) is 1. The van der Waals surface area contributed by atoms with Crippen LogP contribution in [0, 0.1) is 0 Å². The third-order valence-corrected chi connectivity index (χ3v) is 3.77. The summed E-state index contributed by atoms with van der Waals surface area (Å²) in [6, 6.07) is 7.44. The van der Waals surface area contributed by atoms with Gasteiger partial charge in [0.2, 0.25) is 0 Å². The minimum Gasteiger partial charge on any atom is -0.497 e. The molecule has 148 valence electrons. The Morgan fingerprint density at radius 1 is 1.22 bits per heavy atom. The molecular formula is C20H28N2O5. The van der Waals surface area contributed by atoms with Gasteiger partial charge in [0.1, 0.15) is 17.0 Å². The minimum atomic E-state index is -1.23. The average Bonchev–Trinajstić information content (AvgIpc) is 3.03. The second-order valence-electron chi connectivity index (χ2n) is 7.95. The van der Waals surface area contributed by atoms with Crippen LogP contribution in [0.5, 0.6) is 5.75 Å². The highest BCUT2D eigenvalue weighted by atomic mass is 16.6. The van der Waals surface area contributed by atoms with E-state index in [1.54, 1.807) is 21.0 Å². The lowest BCUT2D eigenvalue weighted by molar-refractivity contribution is 0.0547. The Labute approximate surface area is 159 Å². The van der Waals surface area contributed by atoms with Gasteiger partial charge in [-0.1, -0.05) is 12.1 Å². The molecule has 0 aliphatic carbocycles. The summed E-state index contributed by atoms with van der Waals surface area (Å²) in [4.78, 5) is 16.4. The zero-order valence-corrected chi connectivity index (χ0v) is 16.7. The summed E-state index contributed by atoms with van der Waals surface area (Å²) in [5.41, 5.74) is -0.418. The number of oxazole rings is 1. The van der Waals surface area contributed by atoms with Crippen molar-refractivity contribution in [2.75, 3.05) is 7.11 Å². The van der Waals surface area contributed by atoms with E-state index in [-0.39, 0.29) is 0 Å². The number of aromatic nitrogens is 1. The van der Waals surface area contributed by atoms with E-state index < -0.39 is 23.3 Å². The number of rotatable bonds is 6. The second kappa shape index (κ2) is 8.00. The van der Waals surface area contributed by atoms with Gasteiger partial charge in [0.05, 0.1) is 7.11 Å². The van der Waals surface area contributed by atoms with Crippen LogP contribution in [0.25, 0.3) is 0 Å². The number of aliphatic hydroxyl groups is 1. The molecule has 2 aromatic rings. The summed E-state index contributed by atoms with van der Waals surface area (Å²) in [6.07, 6.45) is 0.290. The molecule has 0 aliphatic rings. The van der Waals surface area contributed by atoms with Gasteiger partial charge in [-0.25, -0.2) is 9.78 Å². The summed E-state index contributed by atoms with van der Waals surface area (Å²) in [5.74, 6) is 1.06. The van der Waals surface area contributed by atoms with Crippen LogP contribution in [0.1, 0.15) is 57.7 Å². The van der Waals surface area contributed by atoms with Gasteiger partial charge in [0.15, 0.2) is 18.3 Å². The Bertz CT molecular complexity index is 754. The van der Waals surface area contributed by atoms with Crippen molar-refractivity contribution in [3.8, 4) is 5.75 Å². The van der Waals surface area contributed by atoms with Crippen LogP contribution in [0.3, 0.4) is 0 Å². The summed E-state index contributed by atoms with van der Waals surface area (Å²) >= 11 is 0. The number of ether oxygens (including phenoxy) is 2. The normalized spacial score (nSPS) is 13.1. The average molecular weight is 376 g/mol. The van der Waals surface area contributed by atoms with Crippen molar-refractivity contribution in [2.24, 2.45) is 0 Å². The van der Waals surface area contributed by atoms with Crippen molar-refractivity contribution in [2.45, 2.75) is 58.3 Å². The maximum atomic E-state index is 12.3. The maximum absolute atomic E-state index is 12.3. The molecule has 1 aromatic heterocycles. The van der Waals surface area contributed by atoms with E-state index >= 15 is 0 Å². The molecule has 0 spiro atoms. The van der Waals surface area contributed by atoms with Crippen LogP contribution in [-0.2, 0) is 16.8 Å². The van der Waals surface area contributed by atoms with E-state index in [2.05, 4.69) is 10.3 Å². The molecule has 1 aromatic carbocycles. The van der Waals surface area contributed by atoms with E-state index in [4.69, 9.17) is 13.9 Å². The highest BCUT2D eigenvalue weighted by Gasteiger charge is 2.32. The number of methoxy groups -OCH3 is 1. The van der Waals surface area contributed by atoms with Crippen molar-refractivity contribution < 1.29 is 23.8 Å². The van der Waals surface area contributed by atoms with Gasteiger partial charge in [0.25, 0.3) is 0 Å². The smallest absolute Gasteiger partial charge is 0.408 e. The molecule has 0 fully saturated rings. The van der Waals surface area contributed by atoms with Crippen molar-refractivity contribution in [3.05, 3.63) is 47.7 Å². The third kappa shape index (κ3) is 5.99. The first kappa shape index (κ1) is 20.8. The second-order valence-corrected chi connectivity index (χ2v) is 7.95. The molecule has 0 unspecified atom stereocenters. The Balaban J connectivity index is 2.30. The largest absolute Gasteiger partial charge is 0.497 e. The lowest BCUT2D eigenvalue weighted by atomic mass is 9.98. The molecule has 27 heavy (non-hydrogen) atoms. The van der Waals surface area contributed by atoms with Crippen LogP contribution in [0.2, 0.25) is 0 Å². The van der Waals surface area contributed by atoms with E-state index in [1.165, 1.54) is 6.39 Å². The highest BCUT2D eigenvalue weighted by Crippen LogP contribution is 2.31. The van der Waals surface area contributed by atoms with Gasteiger partial charge < -0.3 is 24.3 Å². The van der Waals surface area contributed by atoms with Crippen LogP contribution in [-0.4, -0.2) is 28.8 Å². The molecule has 0 saturated heterocycles. The van der Waals surface area contributed by atoms with Gasteiger partial charge in [-0.15, -0.1) is 0 Å². The molecule has 7 heteroatoms. The topological polar surface area (TPSA) is 93.8 Å². The van der Waals surface area contributed by atoms with Crippen molar-refractivity contribution in [3.63, 3.8) is 0 Å². The van der Waals surface area contributed by atoms with Crippen molar-refractivity contribution >= 4 is 6.09 Å². The zero-order chi connectivity index (χ0) is 20.2. The zero-order valence-electron chi connectivity index (χ0n) is 16.7. The van der Waals surface area contributed by atoms with Crippen LogP contribution in [0.15, 0.2) is 35.1 Å². The number of hydrogen-bond donors (Lipinski definition) is 2. The van der Waals surface area contributed by atoms with Gasteiger partial charge >= 0.3 is 6.09 Å². The van der Waals surface area contributed by atoms with E-state index in [9.17, 15) is 9.90 Å². The Morgan fingerprint density at radius 2 is 1.85 bits per heavy atom. The predicted octanol–water partition coefficient (Wildman–Crippen LogP) is 3.72.